The van der Waals surface area contributed by atoms with Gasteiger partial charge in [0.15, 0.2) is 9.84 Å². The Morgan fingerprint density at radius 2 is 1.87 bits per heavy atom. The zero-order valence-corrected chi connectivity index (χ0v) is 9.92. The fourth-order valence-electron chi connectivity index (χ4n) is 1.14. The van der Waals surface area contributed by atoms with E-state index in [9.17, 15) is 13.5 Å². The summed E-state index contributed by atoms with van der Waals surface area (Å²) in [6.45, 7) is 1.88. The summed E-state index contributed by atoms with van der Waals surface area (Å²) in [5, 5.41) is 9.20. The van der Waals surface area contributed by atoms with Gasteiger partial charge in [-0.2, -0.15) is 0 Å². The summed E-state index contributed by atoms with van der Waals surface area (Å²) in [5.41, 5.74) is 0.992. The molecule has 0 aliphatic heterocycles. The van der Waals surface area contributed by atoms with Crippen LogP contribution in [0.4, 0.5) is 0 Å². The van der Waals surface area contributed by atoms with Crippen LogP contribution < -0.4 is 0 Å². The molecule has 0 saturated carbocycles. The summed E-state index contributed by atoms with van der Waals surface area (Å²) in [6, 6.07) is 6.51. The monoisotopic (exact) mass is 248 g/mol. The third kappa shape index (κ3) is 3.48. The lowest BCUT2D eigenvalue weighted by molar-refractivity contribution is 0.221. The van der Waals surface area contributed by atoms with Gasteiger partial charge in [0.05, 0.1) is 16.8 Å². The molecular weight excluding hydrogens is 236 g/mol. The number of aliphatic hydroxyl groups is 1. The Hall–Kier alpha value is -0.580. The molecule has 15 heavy (non-hydrogen) atoms. The second-order valence-corrected chi connectivity index (χ2v) is 5.75. The summed E-state index contributed by atoms with van der Waals surface area (Å²) in [5.74, 6) is -0.412. The zero-order chi connectivity index (χ0) is 11.5. The van der Waals surface area contributed by atoms with Crippen LogP contribution in [0.5, 0.6) is 0 Å². The number of aliphatic hydroxyl groups excluding tert-OH is 1. The lowest BCUT2D eigenvalue weighted by Crippen LogP contribution is -2.22. The Morgan fingerprint density at radius 3 is 2.33 bits per heavy atom. The molecule has 0 amide bonds. The van der Waals surface area contributed by atoms with Crippen molar-refractivity contribution in [1.29, 1.82) is 0 Å². The third-order valence-corrected chi connectivity index (χ3v) is 4.14. The average Bonchev–Trinajstić information content (AvgIpc) is 2.17. The topological polar surface area (TPSA) is 54.4 Å². The maximum Gasteiger partial charge on any atom is 0.180 e. The molecule has 1 rings (SSSR count). The Balaban J connectivity index is 2.91. The maximum absolute atomic E-state index is 11.7. The van der Waals surface area contributed by atoms with Crippen LogP contribution in [0.1, 0.15) is 5.56 Å². The van der Waals surface area contributed by atoms with Crippen molar-refractivity contribution in [2.45, 2.75) is 17.9 Å². The molecule has 0 radical (unpaired) electrons. The molecule has 0 heterocycles. The van der Waals surface area contributed by atoms with E-state index in [1.54, 1.807) is 12.1 Å². The van der Waals surface area contributed by atoms with Gasteiger partial charge in [-0.15, -0.1) is 11.6 Å². The van der Waals surface area contributed by atoms with E-state index in [2.05, 4.69) is 0 Å². The van der Waals surface area contributed by atoms with Gasteiger partial charge in [0, 0.05) is 5.88 Å². The Morgan fingerprint density at radius 1 is 1.33 bits per heavy atom. The van der Waals surface area contributed by atoms with Crippen molar-refractivity contribution < 1.29 is 13.5 Å². The van der Waals surface area contributed by atoms with E-state index in [1.807, 2.05) is 6.92 Å². The predicted molar refractivity (Wildman–Crippen MR) is 60.0 cm³/mol. The third-order valence-electron chi connectivity index (χ3n) is 1.97. The molecule has 0 bridgehead atoms. The molecule has 0 aromatic heterocycles. The van der Waals surface area contributed by atoms with Gasteiger partial charge in [0.2, 0.25) is 0 Å². The Bertz CT molecular complexity index is 411. The minimum absolute atomic E-state index is 0.0783. The van der Waals surface area contributed by atoms with Gasteiger partial charge >= 0.3 is 0 Å². The van der Waals surface area contributed by atoms with Crippen LogP contribution in [-0.2, 0) is 9.84 Å². The van der Waals surface area contributed by atoms with Crippen LogP contribution >= 0.6 is 11.6 Å². The number of benzene rings is 1. The van der Waals surface area contributed by atoms with Crippen molar-refractivity contribution in [2.24, 2.45) is 0 Å². The quantitative estimate of drug-likeness (QED) is 0.819. The predicted octanol–water partition coefficient (Wildman–Crippen LogP) is 1.37. The van der Waals surface area contributed by atoms with Gasteiger partial charge in [-0.1, -0.05) is 17.7 Å². The summed E-state index contributed by atoms with van der Waals surface area (Å²) >= 11 is 5.36. The SMILES string of the molecule is Cc1ccc(S(=O)(=O)CC(O)CCl)cc1. The summed E-state index contributed by atoms with van der Waals surface area (Å²) in [7, 11) is -3.42. The number of hydrogen-bond acceptors (Lipinski definition) is 3. The smallest absolute Gasteiger partial charge is 0.180 e. The minimum Gasteiger partial charge on any atom is -0.391 e. The van der Waals surface area contributed by atoms with Crippen molar-refractivity contribution in [2.75, 3.05) is 11.6 Å². The fraction of sp³-hybridized carbons (Fsp3) is 0.400. The molecule has 0 fully saturated rings. The van der Waals surface area contributed by atoms with Gasteiger partial charge in [-0.05, 0) is 19.1 Å². The summed E-state index contributed by atoms with van der Waals surface area (Å²) in [4.78, 5) is 0.220. The standard InChI is InChI=1S/C10H13ClO3S/c1-8-2-4-10(5-3-8)15(13,14)7-9(12)6-11/h2-5,9,12H,6-7H2,1H3. The van der Waals surface area contributed by atoms with Crippen LogP contribution in [-0.4, -0.2) is 31.3 Å². The summed E-state index contributed by atoms with van der Waals surface area (Å²) < 4.78 is 23.4. The number of hydrogen-bond donors (Lipinski definition) is 1. The van der Waals surface area contributed by atoms with E-state index >= 15 is 0 Å². The van der Waals surface area contributed by atoms with Crippen LogP contribution in [0.15, 0.2) is 29.2 Å². The first-order chi connectivity index (χ1) is 6.95. The van der Waals surface area contributed by atoms with E-state index in [1.165, 1.54) is 12.1 Å². The first kappa shape index (κ1) is 12.5. The van der Waals surface area contributed by atoms with Crippen LogP contribution in [0.3, 0.4) is 0 Å². The van der Waals surface area contributed by atoms with Crippen LogP contribution in [0.25, 0.3) is 0 Å². The molecule has 5 heteroatoms. The second kappa shape index (κ2) is 4.96. The van der Waals surface area contributed by atoms with E-state index in [-0.39, 0.29) is 16.5 Å². The fourth-order valence-corrected chi connectivity index (χ4v) is 2.75. The summed E-state index contributed by atoms with van der Waals surface area (Å²) in [6.07, 6.45) is -1.02. The van der Waals surface area contributed by atoms with E-state index in [4.69, 9.17) is 11.6 Å². The number of alkyl halides is 1. The van der Waals surface area contributed by atoms with Gasteiger partial charge in [-0.3, -0.25) is 0 Å². The van der Waals surface area contributed by atoms with Crippen molar-refractivity contribution in [3.8, 4) is 0 Å². The maximum atomic E-state index is 11.7. The number of halogens is 1. The van der Waals surface area contributed by atoms with Crippen molar-refractivity contribution in [3.63, 3.8) is 0 Å². The zero-order valence-electron chi connectivity index (χ0n) is 8.35. The highest BCUT2D eigenvalue weighted by atomic mass is 35.5. The highest BCUT2D eigenvalue weighted by Gasteiger charge is 2.18. The molecule has 0 aliphatic carbocycles. The normalized spacial score (nSPS) is 13.8. The van der Waals surface area contributed by atoms with E-state index in [0.717, 1.165) is 5.56 Å². The largest absolute Gasteiger partial charge is 0.391 e. The van der Waals surface area contributed by atoms with Gasteiger partial charge < -0.3 is 5.11 Å². The van der Waals surface area contributed by atoms with Crippen molar-refractivity contribution in [3.05, 3.63) is 29.8 Å². The lowest BCUT2D eigenvalue weighted by atomic mass is 10.2. The molecule has 84 valence electrons. The average molecular weight is 249 g/mol. The Labute approximate surface area is 94.6 Å². The molecule has 1 aromatic carbocycles. The minimum atomic E-state index is -3.42. The lowest BCUT2D eigenvalue weighted by Gasteiger charge is -2.08. The number of aryl methyl sites for hydroxylation is 1. The van der Waals surface area contributed by atoms with E-state index in [0.29, 0.717) is 0 Å². The Kier molecular flexibility index (Phi) is 4.13. The van der Waals surface area contributed by atoms with Crippen LogP contribution in [0.2, 0.25) is 0 Å². The molecule has 0 saturated heterocycles. The molecule has 1 atom stereocenters. The van der Waals surface area contributed by atoms with Gasteiger partial charge in [0.25, 0.3) is 0 Å². The molecule has 3 nitrogen and oxygen atoms in total. The molecular formula is C10H13ClO3S. The highest BCUT2D eigenvalue weighted by molar-refractivity contribution is 7.91. The first-order valence-electron chi connectivity index (χ1n) is 4.49. The molecule has 1 unspecified atom stereocenters. The van der Waals surface area contributed by atoms with E-state index < -0.39 is 15.9 Å². The molecule has 1 aromatic rings. The molecule has 1 N–H and O–H groups in total. The van der Waals surface area contributed by atoms with Crippen LogP contribution in [0, 0.1) is 6.92 Å². The van der Waals surface area contributed by atoms with Gasteiger partial charge in [0.1, 0.15) is 0 Å². The van der Waals surface area contributed by atoms with Crippen molar-refractivity contribution in [1.82, 2.24) is 0 Å². The second-order valence-electron chi connectivity index (χ2n) is 3.40. The molecule has 0 spiro atoms. The number of sulfone groups is 1. The van der Waals surface area contributed by atoms with Gasteiger partial charge in [-0.25, -0.2) is 8.42 Å². The highest BCUT2D eigenvalue weighted by Crippen LogP contribution is 2.13. The number of rotatable bonds is 4. The molecule has 0 aliphatic rings. The first-order valence-corrected chi connectivity index (χ1v) is 6.68. The van der Waals surface area contributed by atoms with Crippen molar-refractivity contribution >= 4 is 21.4 Å².